The molecule has 29 heavy (non-hydrogen) atoms. The van der Waals surface area contributed by atoms with Gasteiger partial charge < -0.3 is 14.7 Å². The smallest absolute Gasteiger partial charge is 0.417 e. The fourth-order valence-electron chi connectivity index (χ4n) is 4.08. The number of carboxylic acid groups (broad SMARTS) is 1. The summed E-state index contributed by atoms with van der Waals surface area (Å²) < 4.78 is 5.50. The van der Waals surface area contributed by atoms with E-state index in [9.17, 15) is 9.59 Å². The number of benzene rings is 2. The van der Waals surface area contributed by atoms with Gasteiger partial charge in [-0.3, -0.25) is 5.32 Å². The molecular formula is C23H28N2O4. The van der Waals surface area contributed by atoms with Crippen molar-refractivity contribution in [3.63, 3.8) is 0 Å². The topological polar surface area (TPSA) is 78.9 Å². The maximum absolute atomic E-state index is 12.3. The van der Waals surface area contributed by atoms with Crippen molar-refractivity contribution in [3.8, 4) is 5.75 Å². The standard InChI is InChI=1S/C23H28N2O4/c1-3-23(13-4-5-14-25(2)16-23)18-7-6-8-20(15-18)29-22(28)24-19-11-9-17(10-12-19)21(26)27/h6-12,15H,3-5,13-14,16H2,1-2H3,(H,24,28)(H,26,27). The van der Waals surface area contributed by atoms with E-state index in [0.717, 1.165) is 25.9 Å². The molecule has 0 radical (unpaired) electrons. The molecule has 1 fully saturated rings. The normalized spacial score (nSPS) is 19.9. The molecule has 0 bridgehead atoms. The number of carbonyl (C=O) groups is 2. The minimum absolute atomic E-state index is 0.0633. The highest BCUT2D eigenvalue weighted by Crippen LogP contribution is 2.37. The fourth-order valence-corrected chi connectivity index (χ4v) is 4.08. The van der Waals surface area contributed by atoms with Gasteiger partial charge in [0.25, 0.3) is 0 Å². The molecule has 1 aliphatic heterocycles. The first-order chi connectivity index (χ1) is 13.9. The number of hydrogen-bond acceptors (Lipinski definition) is 4. The highest BCUT2D eigenvalue weighted by molar-refractivity contribution is 5.90. The number of ether oxygens (including phenoxy) is 1. The van der Waals surface area contributed by atoms with Crippen LogP contribution in [0.3, 0.4) is 0 Å². The zero-order valence-electron chi connectivity index (χ0n) is 17.0. The van der Waals surface area contributed by atoms with Gasteiger partial charge in [-0.15, -0.1) is 0 Å². The van der Waals surface area contributed by atoms with E-state index in [4.69, 9.17) is 9.84 Å². The van der Waals surface area contributed by atoms with Gasteiger partial charge in [-0.25, -0.2) is 9.59 Å². The van der Waals surface area contributed by atoms with Crippen LogP contribution < -0.4 is 10.1 Å². The molecule has 1 unspecified atom stereocenters. The molecule has 3 rings (SSSR count). The second-order valence-electron chi connectivity index (χ2n) is 7.75. The second kappa shape index (κ2) is 9.09. The van der Waals surface area contributed by atoms with E-state index in [-0.39, 0.29) is 11.0 Å². The second-order valence-corrected chi connectivity index (χ2v) is 7.75. The van der Waals surface area contributed by atoms with E-state index in [1.165, 1.54) is 42.7 Å². The van der Waals surface area contributed by atoms with Gasteiger partial charge in [-0.2, -0.15) is 0 Å². The summed E-state index contributed by atoms with van der Waals surface area (Å²) in [7, 11) is 2.17. The van der Waals surface area contributed by atoms with Crippen molar-refractivity contribution in [2.75, 3.05) is 25.5 Å². The molecule has 2 N–H and O–H groups in total. The first kappa shape index (κ1) is 20.9. The van der Waals surface area contributed by atoms with E-state index >= 15 is 0 Å². The number of aromatic carboxylic acids is 1. The average Bonchev–Trinajstić information content (AvgIpc) is 2.90. The van der Waals surface area contributed by atoms with Crippen molar-refractivity contribution >= 4 is 17.7 Å². The Hall–Kier alpha value is -2.86. The highest BCUT2D eigenvalue weighted by atomic mass is 16.6. The molecule has 1 saturated heterocycles. The Morgan fingerprint density at radius 1 is 1.17 bits per heavy atom. The summed E-state index contributed by atoms with van der Waals surface area (Å²) in [6.45, 7) is 4.33. The number of rotatable bonds is 5. The number of likely N-dealkylation sites (N-methyl/N-ethyl adjacent to an activating group) is 1. The Bertz CT molecular complexity index is 865. The summed E-state index contributed by atoms with van der Waals surface area (Å²) in [4.78, 5) is 25.6. The lowest BCUT2D eigenvalue weighted by Crippen LogP contribution is -2.37. The Morgan fingerprint density at radius 3 is 2.62 bits per heavy atom. The van der Waals surface area contributed by atoms with Gasteiger partial charge in [0.05, 0.1) is 5.56 Å². The molecular weight excluding hydrogens is 368 g/mol. The van der Waals surface area contributed by atoms with Crippen LogP contribution in [0.25, 0.3) is 0 Å². The molecule has 0 aliphatic carbocycles. The molecule has 2 aromatic rings. The van der Waals surface area contributed by atoms with Gasteiger partial charge in [0.15, 0.2) is 0 Å². The highest BCUT2D eigenvalue weighted by Gasteiger charge is 2.33. The van der Waals surface area contributed by atoms with Crippen LogP contribution in [0.15, 0.2) is 48.5 Å². The van der Waals surface area contributed by atoms with Gasteiger partial charge >= 0.3 is 12.1 Å². The molecule has 1 atom stereocenters. The number of nitrogens with one attached hydrogen (secondary N) is 1. The van der Waals surface area contributed by atoms with E-state index in [1.807, 2.05) is 12.1 Å². The van der Waals surface area contributed by atoms with Crippen LogP contribution in [0.1, 0.15) is 48.5 Å². The SMILES string of the molecule is CCC1(c2cccc(OC(=O)Nc3ccc(C(=O)O)cc3)c2)CCCCN(C)C1. The van der Waals surface area contributed by atoms with Gasteiger partial charge in [0, 0.05) is 17.6 Å². The largest absolute Gasteiger partial charge is 0.478 e. The third-order valence-electron chi connectivity index (χ3n) is 5.73. The fraction of sp³-hybridized carbons (Fsp3) is 0.391. The summed E-state index contributed by atoms with van der Waals surface area (Å²) in [5.74, 6) is -0.508. The molecule has 0 spiro atoms. The molecule has 154 valence electrons. The first-order valence-corrected chi connectivity index (χ1v) is 10.0. The van der Waals surface area contributed by atoms with Crippen LogP contribution >= 0.6 is 0 Å². The summed E-state index contributed by atoms with van der Waals surface area (Å²) in [5, 5.41) is 11.6. The molecule has 0 saturated carbocycles. The van der Waals surface area contributed by atoms with Gasteiger partial charge in [-0.1, -0.05) is 25.5 Å². The summed E-state index contributed by atoms with van der Waals surface area (Å²) in [5.41, 5.74) is 1.90. The van der Waals surface area contributed by atoms with E-state index in [0.29, 0.717) is 11.4 Å². The number of hydrogen-bond donors (Lipinski definition) is 2. The Morgan fingerprint density at radius 2 is 1.93 bits per heavy atom. The van der Waals surface area contributed by atoms with Crippen molar-refractivity contribution in [2.45, 2.75) is 38.0 Å². The van der Waals surface area contributed by atoms with E-state index < -0.39 is 12.1 Å². The average molecular weight is 396 g/mol. The molecule has 2 aromatic carbocycles. The van der Waals surface area contributed by atoms with Crippen LogP contribution in [-0.4, -0.2) is 42.2 Å². The van der Waals surface area contributed by atoms with Crippen LogP contribution in [-0.2, 0) is 5.41 Å². The zero-order valence-corrected chi connectivity index (χ0v) is 17.0. The number of nitrogens with zero attached hydrogens (tertiary/aromatic N) is 1. The Labute approximate surface area is 171 Å². The van der Waals surface area contributed by atoms with E-state index in [2.05, 4.69) is 30.3 Å². The molecule has 1 amide bonds. The van der Waals surface area contributed by atoms with Crippen LogP contribution in [0.5, 0.6) is 5.75 Å². The van der Waals surface area contributed by atoms with Gasteiger partial charge in [0.2, 0.25) is 0 Å². The number of carbonyl (C=O) groups excluding carboxylic acids is 1. The number of likely N-dealkylation sites (tertiary alicyclic amines) is 1. The van der Waals surface area contributed by atoms with Crippen molar-refractivity contribution in [2.24, 2.45) is 0 Å². The van der Waals surface area contributed by atoms with Crippen LogP contribution in [0, 0.1) is 0 Å². The monoisotopic (exact) mass is 396 g/mol. The van der Waals surface area contributed by atoms with Gasteiger partial charge in [0.1, 0.15) is 5.75 Å². The lowest BCUT2D eigenvalue weighted by molar-refractivity contribution is 0.0697. The minimum Gasteiger partial charge on any atom is -0.478 e. The first-order valence-electron chi connectivity index (χ1n) is 10.0. The van der Waals surface area contributed by atoms with Gasteiger partial charge in [-0.05, 0) is 74.8 Å². The third-order valence-corrected chi connectivity index (χ3v) is 5.73. The number of carboxylic acids is 1. The maximum atomic E-state index is 12.3. The predicted molar refractivity (Wildman–Crippen MR) is 113 cm³/mol. The molecule has 1 heterocycles. The summed E-state index contributed by atoms with van der Waals surface area (Å²) in [6.07, 6.45) is 3.95. The molecule has 6 heteroatoms. The summed E-state index contributed by atoms with van der Waals surface area (Å²) >= 11 is 0. The molecule has 6 nitrogen and oxygen atoms in total. The van der Waals surface area contributed by atoms with Crippen molar-refractivity contribution in [1.29, 1.82) is 0 Å². The minimum atomic E-state index is -1.01. The summed E-state index contributed by atoms with van der Waals surface area (Å²) in [6, 6.07) is 13.7. The molecule has 0 aromatic heterocycles. The lowest BCUT2D eigenvalue weighted by Gasteiger charge is -2.35. The van der Waals surface area contributed by atoms with Crippen LogP contribution in [0.2, 0.25) is 0 Å². The quantitative estimate of drug-likeness (QED) is 0.762. The van der Waals surface area contributed by atoms with Crippen LogP contribution in [0.4, 0.5) is 10.5 Å². The maximum Gasteiger partial charge on any atom is 0.417 e. The Kier molecular flexibility index (Phi) is 6.54. The van der Waals surface area contributed by atoms with Crippen molar-refractivity contribution < 1.29 is 19.4 Å². The zero-order chi connectivity index (χ0) is 20.9. The van der Waals surface area contributed by atoms with Crippen molar-refractivity contribution in [3.05, 3.63) is 59.7 Å². The van der Waals surface area contributed by atoms with Crippen molar-refractivity contribution in [1.82, 2.24) is 4.90 Å². The number of amides is 1. The number of anilines is 1. The Balaban J connectivity index is 1.71. The molecule has 1 aliphatic rings. The lowest BCUT2D eigenvalue weighted by atomic mass is 9.74. The third kappa shape index (κ3) is 5.15. The predicted octanol–water partition coefficient (Wildman–Crippen LogP) is 4.76. The van der Waals surface area contributed by atoms with E-state index in [1.54, 1.807) is 6.07 Å².